The van der Waals surface area contributed by atoms with Crippen LogP contribution in [0.1, 0.15) is 17.2 Å². The number of hydrogen-bond donors (Lipinski definition) is 1. The first kappa shape index (κ1) is 21.9. The highest BCUT2D eigenvalue weighted by Crippen LogP contribution is 2.53. The van der Waals surface area contributed by atoms with Crippen LogP contribution in [0.15, 0.2) is 72.9 Å². The van der Waals surface area contributed by atoms with Gasteiger partial charge in [-0.2, -0.15) is 0 Å². The molecule has 9 heteroatoms. The molecule has 7 rings (SSSR count). The van der Waals surface area contributed by atoms with Gasteiger partial charge in [0.2, 0.25) is 24.5 Å². The summed E-state index contributed by atoms with van der Waals surface area (Å²) >= 11 is 6.00. The van der Waals surface area contributed by atoms with E-state index in [0.29, 0.717) is 27.9 Å². The maximum absolute atomic E-state index is 14.0. The van der Waals surface area contributed by atoms with Gasteiger partial charge in [0, 0.05) is 23.0 Å². The molecular formula is C28H20ClN3O5. The van der Waals surface area contributed by atoms with Crippen LogP contribution in [0, 0.1) is 11.8 Å². The number of carbonyl (C=O) groups is 3. The monoisotopic (exact) mass is 513 g/mol. The van der Waals surface area contributed by atoms with E-state index in [1.54, 1.807) is 42.5 Å². The van der Waals surface area contributed by atoms with E-state index in [1.807, 2.05) is 41.4 Å². The SMILES string of the molecule is O=C(Nc1ccc(Cl)cc1)[C@@H]1[C@@H]2C(=O)N(c3ccc4c(c3)OCO4)C(=O)[C@@H]2C2c3ccccc3C=CN21. The van der Waals surface area contributed by atoms with Crippen molar-refractivity contribution >= 4 is 46.8 Å². The largest absolute Gasteiger partial charge is 0.454 e. The smallest absolute Gasteiger partial charge is 0.247 e. The predicted octanol–water partition coefficient (Wildman–Crippen LogP) is 4.22. The van der Waals surface area contributed by atoms with Crippen LogP contribution in [-0.4, -0.2) is 35.5 Å². The summed E-state index contributed by atoms with van der Waals surface area (Å²) in [5.41, 5.74) is 2.83. The van der Waals surface area contributed by atoms with Crippen LogP contribution in [0.4, 0.5) is 11.4 Å². The molecule has 4 aliphatic heterocycles. The summed E-state index contributed by atoms with van der Waals surface area (Å²) in [7, 11) is 0. The third-order valence-corrected chi connectivity index (χ3v) is 7.71. The number of benzene rings is 3. The molecule has 0 spiro atoms. The van der Waals surface area contributed by atoms with E-state index in [0.717, 1.165) is 11.1 Å². The number of carbonyl (C=O) groups excluding carboxylic acids is 3. The third kappa shape index (κ3) is 3.25. The molecule has 37 heavy (non-hydrogen) atoms. The van der Waals surface area contributed by atoms with E-state index in [1.165, 1.54) is 4.90 Å². The van der Waals surface area contributed by atoms with Crippen molar-refractivity contribution < 1.29 is 23.9 Å². The van der Waals surface area contributed by atoms with Crippen LogP contribution >= 0.6 is 11.6 Å². The van der Waals surface area contributed by atoms with Crippen molar-refractivity contribution in [3.8, 4) is 11.5 Å². The molecule has 0 radical (unpaired) electrons. The van der Waals surface area contributed by atoms with Crippen molar-refractivity contribution in [2.24, 2.45) is 11.8 Å². The molecule has 4 heterocycles. The molecule has 3 amide bonds. The van der Waals surface area contributed by atoms with Crippen molar-refractivity contribution in [2.45, 2.75) is 12.1 Å². The lowest BCUT2D eigenvalue weighted by Gasteiger charge is -2.35. The summed E-state index contributed by atoms with van der Waals surface area (Å²) in [6.45, 7) is 0.0824. The molecule has 1 unspecified atom stereocenters. The van der Waals surface area contributed by atoms with Gasteiger partial charge in [0.25, 0.3) is 0 Å². The van der Waals surface area contributed by atoms with E-state index in [2.05, 4.69) is 5.32 Å². The van der Waals surface area contributed by atoms with Crippen LogP contribution in [-0.2, 0) is 14.4 Å². The van der Waals surface area contributed by atoms with Gasteiger partial charge in [0.1, 0.15) is 6.04 Å². The third-order valence-electron chi connectivity index (χ3n) is 7.46. The highest BCUT2D eigenvalue weighted by molar-refractivity contribution is 6.30. The standard InChI is InChI=1S/C28H20ClN3O5/c29-16-5-7-17(8-6-16)30-26(33)25-23-22(24-19-4-2-1-3-15(19)11-12-31(24)25)27(34)32(28(23)35)18-9-10-20-21(13-18)37-14-36-20/h1-13,22-25H,14H2,(H,30,33)/t22-,23+,24?,25-/m0/s1. The second-order valence-corrected chi connectivity index (χ2v) is 9.82. The topological polar surface area (TPSA) is 88.2 Å². The summed E-state index contributed by atoms with van der Waals surface area (Å²) in [4.78, 5) is 44.7. The Labute approximate surface area is 217 Å². The maximum Gasteiger partial charge on any atom is 0.247 e. The summed E-state index contributed by atoms with van der Waals surface area (Å²) in [5, 5.41) is 3.46. The highest BCUT2D eigenvalue weighted by Gasteiger charge is 2.64. The van der Waals surface area contributed by atoms with Gasteiger partial charge < -0.3 is 19.7 Å². The highest BCUT2D eigenvalue weighted by atomic mass is 35.5. The normalized spacial score (nSPS) is 24.7. The van der Waals surface area contributed by atoms with Crippen molar-refractivity contribution in [3.63, 3.8) is 0 Å². The van der Waals surface area contributed by atoms with Gasteiger partial charge in [-0.1, -0.05) is 35.9 Å². The molecule has 2 fully saturated rings. The molecular weight excluding hydrogens is 494 g/mol. The number of hydrogen-bond acceptors (Lipinski definition) is 6. The Morgan fingerprint density at radius 2 is 1.68 bits per heavy atom. The summed E-state index contributed by atoms with van der Waals surface area (Å²) in [6, 6.07) is 18.2. The first-order chi connectivity index (χ1) is 18.0. The quantitative estimate of drug-likeness (QED) is 0.528. The molecule has 4 aliphatic rings. The number of halogens is 1. The minimum atomic E-state index is -0.884. The molecule has 4 atom stereocenters. The van der Waals surface area contributed by atoms with Gasteiger partial charge in [-0.25, -0.2) is 4.90 Å². The van der Waals surface area contributed by atoms with Gasteiger partial charge in [-0.15, -0.1) is 0 Å². The zero-order valence-electron chi connectivity index (χ0n) is 19.3. The van der Waals surface area contributed by atoms with E-state index in [9.17, 15) is 14.4 Å². The van der Waals surface area contributed by atoms with Crippen molar-refractivity contribution in [3.05, 3.63) is 89.1 Å². The van der Waals surface area contributed by atoms with E-state index in [-0.39, 0.29) is 18.6 Å². The second kappa shape index (κ2) is 8.11. The number of anilines is 2. The first-order valence-electron chi connectivity index (χ1n) is 11.9. The molecule has 2 saturated heterocycles. The summed E-state index contributed by atoms with van der Waals surface area (Å²) < 4.78 is 10.8. The Bertz CT molecular complexity index is 1500. The summed E-state index contributed by atoms with van der Waals surface area (Å²) in [5.74, 6) is -1.68. The number of amides is 3. The molecule has 0 aliphatic carbocycles. The molecule has 3 aromatic carbocycles. The fourth-order valence-corrected chi connectivity index (χ4v) is 6.01. The lowest BCUT2D eigenvalue weighted by atomic mass is 9.84. The molecule has 1 N–H and O–H groups in total. The van der Waals surface area contributed by atoms with Crippen LogP contribution in [0.2, 0.25) is 5.02 Å². The number of rotatable bonds is 3. The van der Waals surface area contributed by atoms with E-state index < -0.39 is 29.8 Å². The molecule has 0 saturated carbocycles. The Balaban J connectivity index is 1.31. The summed E-state index contributed by atoms with van der Waals surface area (Å²) in [6.07, 6.45) is 3.74. The zero-order chi connectivity index (χ0) is 25.3. The zero-order valence-corrected chi connectivity index (χ0v) is 20.1. The fraction of sp³-hybridized carbons (Fsp3) is 0.179. The molecule has 8 nitrogen and oxygen atoms in total. The van der Waals surface area contributed by atoms with E-state index in [4.69, 9.17) is 21.1 Å². The lowest BCUT2D eigenvalue weighted by Crippen LogP contribution is -2.46. The minimum Gasteiger partial charge on any atom is -0.454 e. The van der Waals surface area contributed by atoms with Crippen LogP contribution in [0.3, 0.4) is 0 Å². The predicted molar refractivity (Wildman–Crippen MR) is 136 cm³/mol. The number of nitrogens with one attached hydrogen (secondary N) is 1. The Hall–Kier alpha value is -4.30. The van der Waals surface area contributed by atoms with Gasteiger partial charge in [-0.05, 0) is 53.6 Å². The van der Waals surface area contributed by atoms with Gasteiger partial charge in [0.15, 0.2) is 11.5 Å². The molecule has 184 valence electrons. The van der Waals surface area contributed by atoms with Gasteiger partial charge in [0.05, 0.1) is 23.6 Å². The van der Waals surface area contributed by atoms with Crippen molar-refractivity contribution in [1.82, 2.24) is 4.90 Å². The van der Waals surface area contributed by atoms with Crippen LogP contribution < -0.4 is 19.7 Å². The fourth-order valence-electron chi connectivity index (χ4n) is 5.89. The Morgan fingerprint density at radius 3 is 2.51 bits per heavy atom. The molecule has 0 aromatic heterocycles. The Kier molecular flexibility index (Phi) is 4.81. The van der Waals surface area contributed by atoms with E-state index >= 15 is 0 Å². The Morgan fingerprint density at radius 1 is 0.919 bits per heavy atom. The average Bonchev–Trinajstić information content (AvgIpc) is 3.58. The van der Waals surface area contributed by atoms with Gasteiger partial charge >= 0.3 is 0 Å². The van der Waals surface area contributed by atoms with Gasteiger partial charge in [-0.3, -0.25) is 14.4 Å². The number of imide groups is 1. The number of ether oxygens (including phenoxy) is 2. The maximum atomic E-state index is 14.0. The number of fused-ring (bicyclic) bond motifs is 6. The second-order valence-electron chi connectivity index (χ2n) is 9.38. The first-order valence-corrected chi connectivity index (χ1v) is 12.3. The van der Waals surface area contributed by atoms with Crippen molar-refractivity contribution in [1.29, 1.82) is 0 Å². The minimum absolute atomic E-state index is 0.0824. The molecule has 3 aromatic rings. The molecule has 0 bridgehead atoms. The number of nitrogens with zero attached hydrogens (tertiary/aromatic N) is 2. The van der Waals surface area contributed by atoms with Crippen molar-refractivity contribution in [2.75, 3.05) is 17.0 Å². The lowest BCUT2D eigenvalue weighted by molar-refractivity contribution is -0.128. The average molecular weight is 514 g/mol. The van der Waals surface area contributed by atoms with Crippen LogP contribution in [0.25, 0.3) is 6.08 Å². The van der Waals surface area contributed by atoms with Crippen LogP contribution in [0.5, 0.6) is 11.5 Å².